The van der Waals surface area contributed by atoms with Crippen LogP contribution in [0.5, 0.6) is 5.75 Å². The van der Waals surface area contributed by atoms with Gasteiger partial charge in [0.1, 0.15) is 29.4 Å². The number of anilines is 1. The Kier molecular flexibility index (Phi) is 6.07. The fourth-order valence-electron chi connectivity index (χ4n) is 4.20. The third-order valence-electron chi connectivity index (χ3n) is 6.12. The van der Waals surface area contributed by atoms with E-state index in [0.29, 0.717) is 44.8 Å². The molecule has 9 heteroatoms. The van der Waals surface area contributed by atoms with Gasteiger partial charge < -0.3 is 19.5 Å². The number of benzene rings is 1. The third-order valence-corrected chi connectivity index (χ3v) is 6.12. The maximum absolute atomic E-state index is 13.3. The number of hydrogen-bond donors (Lipinski definition) is 1. The van der Waals surface area contributed by atoms with Crippen LogP contribution < -0.4 is 9.64 Å². The number of piperazine rings is 1. The highest BCUT2D eigenvalue weighted by atomic mass is 19.1. The van der Waals surface area contributed by atoms with Crippen molar-refractivity contribution < 1.29 is 13.9 Å². The summed E-state index contributed by atoms with van der Waals surface area (Å²) in [6.45, 7) is 2.65. The van der Waals surface area contributed by atoms with Gasteiger partial charge in [-0.05, 0) is 54.4 Å². The molecule has 4 aromatic rings. The number of carbonyl (C=O) groups excluding carboxylic acids is 1. The quantitative estimate of drug-likeness (QED) is 0.474. The molecule has 34 heavy (non-hydrogen) atoms. The molecule has 1 aliphatic heterocycles. The molecule has 5 rings (SSSR count). The molecule has 0 saturated carbocycles. The standard InChI is InChI=1S/C25H25FN6O2/c1-34-20-8-6-19(27-15-20)7-9-23(33)31-10-12-32(13-11-31)25-21-14-22(30-24(21)28-16-29-25)17-2-4-18(26)5-3-17/h2-6,8,14-16H,7,9-13H2,1H3,(H,28,29,30). The van der Waals surface area contributed by atoms with E-state index in [1.54, 1.807) is 31.8 Å². The van der Waals surface area contributed by atoms with E-state index in [4.69, 9.17) is 4.74 Å². The Labute approximate surface area is 196 Å². The summed E-state index contributed by atoms with van der Waals surface area (Å²) in [5, 5.41) is 0.909. The van der Waals surface area contributed by atoms with Crippen molar-refractivity contribution in [3.8, 4) is 17.0 Å². The SMILES string of the molecule is COc1ccc(CCC(=O)N2CCN(c3ncnc4[nH]c(-c5ccc(F)cc5)cc34)CC2)nc1. The lowest BCUT2D eigenvalue weighted by Gasteiger charge is -2.35. The predicted octanol–water partition coefficient (Wildman–Crippen LogP) is 3.45. The predicted molar refractivity (Wildman–Crippen MR) is 127 cm³/mol. The van der Waals surface area contributed by atoms with E-state index in [1.165, 1.54) is 12.1 Å². The summed E-state index contributed by atoms with van der Waals surface area (Å²) < 4.78 is 18.4. The number of amides is 1. The van der Waals surface area contributed by atoms with Crippen molar-refractivity contribution in [3.05, 3.63) is 66.5 Å². The second-order valence-electron chi connectivity index (χ2n) is 8.21. The zero-order valence-corrected chi connectivity index (χ0v) is 18.9. The summed E-state index contributed by atoms with van der Waals surface area (Å²) in [6, 6.07) is 12.1. The molecule has 0 atom stereocenters. The van der Waals surface area contributed by atoms with Gasteiger partial charge in [0.2, 0.25) is 5.91 Å². The highest BCUT2D eigenvalue weighted by Crippen LogP contribution is 2.29. The van der Waals surface area contributed by atoms with E-state index in [-0.39, 0.29) is 11.7 Å². The number of aryl methyl sites for hydroxylation is 1. The van der Waals surface area contributed by atoms with Crippen LogP contribution in [0.2, 0.25) is 0 Å². The van der Waals surface area contributed by atoms with Crippen molar-refractivity contribution >= 4 is 22.8 Å². The van der Waals surface area contributed by atoms with Gasteiger partial charge in [-0.3, -0.25) is 9.78 Å². The van der Waals surface area contributed by atoms with Crippen molar-refractivity contribution in [2.24, 2.45) is 0 Å². The van der Waals surface area contributed by atoms with Crippen LogP contribution in [0.4, 0.5) is 10.2 Å². The Morgan fingerprint density at radius 2 is 1.85 bits per heavy atom. The molecule has 0 bridgehead atoms. The van der Waals surface area contributed by atoms with Gasteiger partial charge in [0.15, 0.2) is 0 Å². The lowest BCUT2D eigenvalue weighted by molar-refractivity contribution is -0.131. The number of nitrogens with zero attached hydrogens (tertiary/aromatic N) is 5. The first kappa shape index (κ1) is 21.8. The summed E-state index contributed by atoms with van der Waals surface area (Å²) in [5.74, 6) is 1.40. The number of rotatable bonds is 6. The number of carbonyl (C=O) groups is 1. The minimum absolute atomic E-state index is 0.130. The smallest absolute Gasteiger partial charge is 0.223 e. The number of aromatic nitrogens is 4. The van der Waals surface area contributed by atoms with Gasteiger partial charge in [0.05, 0.1) is 18.7 Å². The van der Waals surface area contributed by atoms with E-state index in [1.807, 2.05) is 23.1 Å². The minimum atomic E-state index is -0.270. The average molecular weight is 461 g/mol. The molecule has 1 aromatic carbocycles. The number of methoxy groups -OCH3 is 1. The van der Waals surface area contributed by atoms with Crippen molar-refractivity contribution in [1.82, 2.24) is 24.8 Å². The summed E-state index contributed by atoms with van der Waals surface area (Å²) in [6.07, 6.45) is 4.24. The van der Waals surface area contributed by atoms with Crippen LogP contribution in [-0.4, -0.2) is 64.0 Å². The summed E-state index contributed by atoms with van der Waals surface area (Å²) in [5.41, 5.74) is 3.35. The zero-order chi connectivity index (χ0) is 23.5. The fourth-order valence-corrected chi connectivity index (χ4v) is 4.20. The molecule has 3 aromatic heterocycles. The van der Waals surface area contributed by atoms with Crippen molar-refractivity contribution in [1.29, 1.82) is 0 Å². The number of nitrogens with one attached hydrogen (secondary N) is 1. The van der Waals surface area contributed by atoms with Crippen molar-refractivity contribution in [3.63, 3.8) is 0 Å². The summed E-state index contributed by atoms with van der Waals surface area (Å²) in [7, 11) is 1.60. The van der Waals surface area contributed by atoms with Gasteiger partial charge in [-0.2, -0.15) is 0 Å². The molecule has 1 saturated heterocycles. The van der Waals surface area contributed by atoms with Gasteiger partial charge in [-0.25, -0.2) is 14.4 Å². The number of ether oxygens (including phenoxy) is 1. The van der Waals surface area contributed by atoms with Gasteiger partial charge in [-0.1, -0.05) is 0 Å². The van der Waals surface area contributed by atoms with Crippen LogP contribution in [0.1, 0.15) is 12.1 Å². The van der Waals surface area contributed by atoms with E-state index < -0.39 is 0 Å². The second kappa shape index (κ2) is 9.46. The summed E-state index contributed by atoms with van der Waals surface area (Å²) >= 11 is 0. The van der Waals surface area contributed by atoms with Crippen LogP contribution in [0, 0.1) is 5.82 Å². The van der Waals surface area contributed by atoms with Crippen LogP contribution in [0.15, 0.2) is 55.0 Å². The Balaban J connectivity index is 1.23. The number of H-pyrrole nitrogens is 1. The summed E-state index contributed by atoms with van der Waals surface area (Å²) in [4.78, 5) is 33.3. The molecule has 1 aliphatic rings. The molecule has 0 spiro atoms. The van der Waals surface area contributed by atoms with Crippen LogP contribution >= 0.6 is 0 Å². The Morgan fingerprint density at radius 1 is 1.06 bits per heavy atom. The third kappa shape index (κ3) is 4.54. The molecule has 0 aliphatic carbocycles. The lowest BCUT2D eigenvalue weighted by Crippen LogP contribution is -2.49. The maximum Gasteiger partial charge on any atom is 0.223 e. The molecule has 174 valence electrons. The van der Waals surface area contributed by atoms with Gasteiger partial charge in [0, 0.05) is 44.0 Å². The molecular formula is C25H25FN6O2. The largest absolute Gasteiger partial charge is 0.495 e. The molecule has 0 unspecified atom stereocenters. The Bertz CT molecular complexity index is 1280. The van der Waals surface area contributed by atoms with Crippen LogP contribution in [-0.2, 0) is 11.2 Å². The molecule has 0 radical (unpaired) electrons. The van der Waals surface area contributed by atoms with E-state index >= 15 is 0 Å². The first-order valence-corrected chi connectivity index (χ1v) is 11.2. The van der Waals surface area contributed by atoms with E-state index in [2.05, 4.69) is 24.8 Å². The van der Waals surface area contributed by atoms with Crippen molar-refractivity contribution in [2.45, 2.75) is 12.8 Å². The van der Waals surface area contributed by atoms with Gasteiger partial charge >= 0.3 is 0 Å². The van der Waals surface area contributed by atoms with Crippen LogP contribution in [0.3, 0.4) is 0 Å². The number of fused-ring (bicyclic) bond motifs is 1. The maximum atomic E-state index is 13.3. The molecular weight excluding hydrogens is 435 g/mol. The normalized spacial score (nSPS) is 13.9. The number of halogens is 1. The monoisotopic (exact) mass is 460 g/mol. The zero-order valence-electron chi connectivity index (χ0n) is 18.9. The molecule has 1 N–H and O–H groups in total. The van der Waals surface area contributed by atoms with Crippen molar-refractivity contribution in [2.75, 3.05) is 38.2 Å². The molecule has 4 heterocycles. The minimum Gasteiger partial charge on any atom is -0.495 e. The number of pyridine rings is 1. The lowest BCUT2D eigenvalue weighted by atomic mass is 10.1. The van der Waals surface area contributed by atoms with E-state index in [0.717, 1.165) is 33.8 Å². The second-order valence-corrected chi connectivity index (χ2v) is 8.21. The number of hydrogen-bond acceptors (Lipinski definition) is 6. The molecule has 1 fully saturated rings. The van der Waals surface area contributed by atoms with Gasteiger partial charge in [0.25, 0.3) is 0 Å². The van der Waals surface area contributed by atoms with E-state index in [9.17, 15) is 9.18 Å². The topological polar surface area (TPSA) is 87.2 Å². The Morgan fingerprint density at radius 3 is 2.56 bits per heavy atom. The Hall–Kier alpha value is -4.01. The first-order valence-electron chi connectivity index (χ1n) is 11.2. The number of aromatic amines is 1. The van der Waals surface area contributed by atoms with Crippen LogP contribution in [0.25, 0.3) is 22.3 Å². The molecule has 8 nitrogen and oxygen atoms in total. The van der Waals surface area contributed by atoms with Gasteiger partial charge in [-0.15, -0.1) is 0 Å². The molecule has 1 amide bonds. The highest BCUT2D eigenvalue weighted by Gasteiger charge is 2.23. The fraction of sp³-hybridized carbons (Fsp3) is 0.280. The first-order chi connectivity index (χ1) is 16.6. The average Bonchev–Trinajstić information content (AvgIpc) is 3.32. The highest BCUT2D eigenvalue weighted by molar-refractivity contribution is 5.92.